The van der Waals surface area contributed by atoms with E-state index in [9.17, 15) is 14.4 Å². The molecule has 0 bridgehead atoms. The number of carbonyl (C=O) groups excluding carboxylic acids is 3. The van der Waals surface area contributed by atoms with Crippen LogP contribution in [-0.4, -0.2) is 42.5 Å². The largest absolute Gasteiger partial charge is 0.462 e. The average molecular weight is 466 g/mol. The Morgan fingerprint density at radius 1 is 1.19 bits per heavy atom. The van der Waals surface area contributed by atoms with Crippen LogP contribution in [0, 0.1) is 6.92 Å². The standard InChI is InChI=1S/C22H28ClN3O4S/c1-4-6-9-14-26(22-25-15(3)19(31-22)21(29)30-5-2)18(27)12-13-24-20(28)16-10-7-8-11-17(16)23/h7-8,10-11H,4-6,9,12-14H2,1-3H3,(H,24,28). The Bertz CT molecular complexity index is 916. The van der Waals surface area contributed by atoms with Crippen LogP contribution in [-0.2, 0) is 9.53 Å². The van der Waals surface area contributed by atoms with E-state index in [1.165, 1.54) is 0 Å². The highest BCUT2D eigenvalue weighted by molar-refractivity contribution is 7.17. The van der Waals surface area contributed by atoms with Crippen LogP contribution in [0.1, 0.15) is 65.3 Å². The Balaban J connectivity index is 2.06. The molecule has 168 valence electrons. The first-order valence-electron chi connectivity index (χ1n) is 10.4. The van der Waals surface area contributed by atoms with Crippen LogP contribution in [0.25, 0.3) is 0 Å². The summed E-state index contributed by atoms with van der Waals surface area (Å²) in [6.45, 7) is 6.50. The molecule has 2 rings (SSSR count). The van der Waals surface area contributed by atoms with E-state index >= 15 is 0 Å². The number of carbonyl (C=O) groups is 3. The van der Waals surface area contributed by atoms with E-state index in [1.54, 1.807) is 43.0 Å². The summed E-state index contributed by atoms with van der Waals surface area (Å²) in [6.07, 6.45) is 2.92. The Morgan fingerprint density at radius 2 is 1.94 bits per heavy atom. The molecule has 1 aromatic heterocycles. The van der Waals surface area contributed by atoms with Crippen molar-refractivity contribution in [3.8, 4) is 0 Å². The Hall–Kier alpha value is -2.45. The van der Waals surface area contributed by atoms with Crippen molar-refractivity contribution in [1.82, 2.24) is 10.3 Å². The number of rotatable bonds is 11. The number of aryl methyl sites for hydroxylation is 1. The summed E-state index contributed by atoms with van der Waals surface area (Å²) in [4.78, 5) is 43.8. The molecule has 2 aromatic rings. The molecule has 0 unspecified atom stereocenters. The van der Waals surface area contributed by atoms with Crippen LogP contribution in [0.4, 0.5) is 5.13 Å². The number of nitrogens with one attached hydrogen (secondary N) is 1. The lowest BCUT2D eigenvalue weighted by atomic mass is 10.2. The molecular formula is C22H28ClN3O4S. The third-order valence-corrected chi connectivity index (χ3v) is 6.00. The van der Waals surface area contributed by atoms with Crippen molar-refractivity contribution in [1.29, 1.82) is 0 Å². The summed E-state index contributed by atoms with van der Waals surface area (Å²) >= 11 is 7.20. The van der Waals surface area contributed by atoms with Crippen molar-refractivity contribution >= 4 is 45.9 Å². The quantitative estimate of drug-likeness (QED) is 0.386. The van der Waals surface area contributed by atoms with E-state index in [0.717, 1.165) is 30.6 Å². The number of esters is 1. The van der Waals surface area contributed by atoms with Gasteiger partial charge in [0.1, 0.15) is 4.88 Å². The fourth-order valence-corrected chi connectivity index (χ4v) is 4.11. The lowest BCUT2D eigenvalue weighted by Crippen LogP contribution is -2.35. The zero-order valence-electron chi connectivity index (χ0n) is 18.1. The highest BCUT2D eigenvalue weighted by Crippen LogP contribution is 2.28. The normalized spacial score (nSPS) is 10.6. The van der Waals surface area contributed by atoms with Crippen molar-refractivity contribution in [3.63, 3.8) is 0 Å². The first kappa shape index (κ1) is 24.8. The van der Waals surface area contributed by atoms with E-state index < -0.39 is 5.97 Å². The number of hydrogen-bond donors (Lipinski definition) is 1. The van der Waals surface area contributed by atoms with Crippen LogP contribution in [0.5, 0.6) is 0 Å². The molecule has 9 heteroatoms. The Morgan fingerprint density at radius 3 is 2.61 bits per heavy atom. The van der Waals surface area contributed by atoms with Gasteiger partial charge in [0, 0.05) is 19.5 Å². The van der Waals surface area contributed by atoms with E-state index in [2.05, 4.69) is 17.2 Å². The van der Waals surface area contributed by atoms with Crippen LogP contribution in [0.15, 0.2) is 24.3 Å². The second-order valence-electron chi connectivity index (χ2n) is 6.87. The van der Waals surface area contributed by atoms with Gasteiger partial charge in [0.2, 0.25) is 5.91 Å². The number of hydrogen-bond acceptors (Lipinski definition) is 6. The summed E-state index contributed by atoms with van der Waals surface area (Å²) in [5.74, 6) is -0.929. The topological polar surface area (TPSA) is 88.6 Å². The third-order valence-electron chi connectivity index (χ3n) is 4.51. The fourth-order valence-electron chi connectivity index (χ4n) is 2.89. The molecule has 1 aromatic carbocycles. The SMILES string of the molecule is CCCCCN(C(=O)CCNC(=O)c1ccccc1Cl)c1nc(C)c(C(=O)OCC)s1. The van der Waals surface area contributed by atoms with Gasteiger partial charge in [-0.2, -0.15) is 0 Å². The summed E-state index contributed by atoms with van der Waals surface area (Å²) < 4.78 is 5.07. The number of unbranched alkanes of at least 4 members (excludes halogenated alkanes) is 2. The predicted octanol–water partition coefficient (Wildman–Crippen LogP) is 4.62. The van der Waals surface area contributed by atoms with Gasteiger partial charge in [0.05, 0.1) is 22.9 Å². The molecule has 1 heterocycles. The molecule has 0 radical (unpaired) electrons. The lowest BCUT2D eigenvalue weighted by Gasteiger charge is -2.20. The van der Waals surface area contributed by atoms with Gasteiger partial charge in [-0.05, 0) is 32.4 Å². The second kappa shape index (κ2) is 12.4. The summed E-state index contributed by atoms with van der Waals surface area (Å²) in [6, 6.07) is 6.75. The van der Waals surface area contributed by atoms with Gasteiger partial charge < -0.3 is 10.1 Å². The van der Waals surface area contributed by atoms with E-state index in [0.29, 0.717) is 32.8 Å². The number of amides is 2. The molecule has 0 saturated heterocycles. The van der Waals surface area contributed by atoms with Gasteiger partial charge >= 0.3 is 5.97 Å². The highest BCUT2D eigenvalue weighted by atomic mass is 35.5. The maximum atomic E-state index is 12.9. The molecule has 0 spiro atoms. The monoisotopic (exact) mass is 465 g/mol. The number of benzene rings is 1. The third kappa shape index (κ3) is 7.04. The van der Waals surface area contributed by atoms with Crippen LogP contribution in [0.2, 0.25) is 5.02 Å². The van der Waals surface area contributed by atoms with Gasteiger partial charge in [0.15, 0.2) is 5.13 Å². The zero-order valence-corrected chi connectivity index (χ0v) is 19.6. The number of anilines is 1. The van der Waals surface area contributed by atoms with E-state index in [4.69, 9.17) is 16.3 Å². The predicted molar refractivity (Wildman–Crippen MR) is 123 cm³/mol. The highest BCUT2D eigenvalue weighted by Gasteiger charge is 2.23. The number of halogens is 1. The minimum Gasteiger partial charge on any atom is -0.462 e. The second-order valence-corrected chi connectivity index (χ2v) is 8.25. The van der Waals surface area contributed by atoms with Crippen molar-refractivity contribution in [2.24, 2.45) is 0 Å². The van der Waals surface area contributed by atoms with Gasteiger partial charge in [-0.1, -0.05) is 54.8 Å². The Kier molecular flexibility index (Phi) is 9.94. The number of nitrogens with zero attached hydrogens (tertiary/aromatic N) is 2. The van der Waals surface area contributed by atoms with Gasteiger partial charge in [-0.25, -0.2) is 9.78 Å². The lowest BCUT2D eigenvalue weighted by molar-refractivity contribution is -0.118. The maximum Gasteiger partial charge on any atom is 0.350 e. The summed E-state index contributed by atoms with van der Waals surface area (Å²) in [5.41, 5.74) is 0.907. The van der Waals surface area contributed by atoms with Gasteiger partial charge in [-0.3, -0.25) is 14.5 Å². The molecule has 2 amide bonds. The molecule has 0 aliphatic rings. The first-order chi connectivity index (χ1) is 14.9. The van der Waals surface area contributed by atoms with Crippen molar-refractivity contribution in [3.05, 3.63) is 45.4 Å². The molecule has 0 fully saturated rings. The van der Waals surface area contributed by atoms with Crippen molar-refractivity contribution < 1.29 is 19.1 Å². The minimum absolute atomic E-state index is 0.107. The van der Waals surface area contributed by atoms with Gasteiger partial charge in [0.25, 0.3) is 5.91 Å². The van der Waals surface area contributed by atoms with Crippen LogP contribution >= 0.6 is 22.9 Å². The molecular weight excluding hydrogens is 438 g/mol. The zero-order chi connectivity index (χ0) is 22.8. The molecule has 0 aliphatic heterocycles. The van der Waals surface area contributed by atoms with Crippen LogP contribution in [0.3, 0.4) is 0 Å². The summed E-state index contributed by atoms with van der Waals surface area (Å²) in [7, 11) is 0. The molecule has 1 N–H and O–H groups in total. The number of aromatic nitrogens is 1. The molecule has 0 saturated carbocycles. The molecule has 7 nitrogen and oxygen atoms in total. The van der Waals surface area contributed by atoms with Gasteiger partial charge in [-0.15, -0.1) is 0 Å². The van der Waals surface area contributed by atoms with Crippen LogP contribution < -0.4 is 10.2 Å². The molecule has 0 atom stereocenters. The van der Waals surface area contributed by atoms with E-state index in [-0.39, 0.29) is 31.4 Å². The van der Waals surface area contributed by atoms with Crippen molar-refractivity contribution in [2.75, 3.05) is 24.6 Å². The minimum atomic E-state index is -0.434. The Labute approximate surface area is 191 Å². The average Bonchev–Trinajstić information content (AvgIpc) is 3.12. The molecule has 0 aliphatic carbocycles. The smallest absolute Gasteiger partial charge is 0.350 e. The fraction of sp³-hybridized carbons (Fsp3) is 0.455. The number of thiazole rings is 1. The number of ether oxygens (including phenoxy) is 1. The van der Waals surface area contributed by atoms with Crippen molar-refractivity contribution in [2.45, 2.75) is 46.5 Å². The summed E-state index contributed by atoms with van der Waals surface area (Å²) in [5, 5.41) is 3.56. The van der Waals surface area contributed by atoms with E-state index in [1.807, 2.05) is 0 Å². The maximum absolute atomic E-state index is 12.9. The first-order valence-corrected chi connectivity index (χ1v) is 11.6. The molecule has 31 heavy (non-hydrogen) atoms.